The molecule has 1 N–H and O–H groups in total. The van der Waals surface area contributed by atoms with E-state index in [1.165, 1.54) is 17.0 Å². The number of carbonyl (C=O) groups is 1. The Kier molecular flexibility index (Phi) is 3.62. The Labute approximate surface area is 86.9 Å². The Hall–Kier alpha value is -1.62. The number of rotatable bonds is 3. The van der Waals surface area contributed by atoms with Crippen LogP contribution in [-0.2, 0) is 0 Å². The molecule has 0 saturated heterocycles. The fourth-order valence-corrected chi connectivity index (χ4v) is 1.01. The number of aliphatic hydroxyl groups excluding tert-OH is 1. The van der Waals surface area contributed by atoms with Crippen molar-refractivity contribution in [2.45, 2.75) is 13.0 Å². The largest absolute Gasteiger partial charge is 0.430 e. The van der Waals surface area contributed by atoms with E-state index < -0.39 is 5.63 Å². The van der Waals surface area contributed by atoms with Gasteiger partial charge in [-0.15, -0.1) is 0 Å². The van der Waals surface area contributed by atoms with Gasteiger partial charge in [-0.2, -0.15) is 0 Å². The fourth-order valence-electron chi connectivity index (χ4n) is 1.01. The summed E-state index contributed by atoms with van der Waals surface area (Å²) in [4.78, 5) is 23.8. The van der Waals surface area contributed by atoms with E-state index in [1.54, 1.807) is 14.0 Å². The molecule has 0 bridgehead atoms. The SMILES string of the molecule is CC(CO)N(C)C(=O)c1ccc(=O)oc1. The normalized spacial score (nSPS) is 12.2. The van der Waals surface area contributed by atoms with Crippen molar-refractivity contribution in [2.24, 2.45) is 0 Å². The summed E-state index contributed by atoms with van der Waals surface area (Å²) in [7, 11) is 1.58. The van der Waals surface area contributed by atoms with Gasteiger partial charge in [-0.05, 0) is 13.0 Å². The van der Waals surface area contributed by atoms with E-state index in [0.29, 0.717) is 0 Å². The van der Waals surface area contributed by atoms with Crippen LogP contribution in [0.25, 0.3) is 0 Å². The summed E-state index contributed by atoms with van der Waals surface area (Å²) in [6, 6.07) is 2.31. The van der Waals surface area contributed by atoms with Gasteiger partial charge in [-0.1, -0.05) is 0 Å². The standard InChI is InChI=1S/C10H13NO4/c1-7(5-12)11(2)10(14)8-3-4-9(13)15-6-8/h3-4,6-7,12H,5H2,1-2H3. The van der Waals surface area contributed by atoms with Gasteiger partial charge in [0, 0.05) is 13.1 Å². The summed E-state index contributed by atoms with van der Waals surface area (Å²) in [6.07, 6.45) is 1.12. The number of carbonyl (C=O) groups excluding carboxylic acids is 1. The van der Waals surface area contributed by atoms with E-state index in [1.807, 2.05) is 0 Å². The van der Waals surface area contributed by atoms with Crippen molar-refractivity contribution in [3.63, 3.8) is 0 Å². The maximum atomic E-state index is 11.7. The first-order chi connectivity index (χ1) is 7.06. The Bertz CT molecular complexity index is 378. The third-order valence-electron chi connectivity index (χ3n) is 2.19. The summed E-state index contributed by atoms with van der Waals surface area (Å²) in [6.45, 7) is 1.61. The summed E-state index contributed by atoms with van der Waals surface area (Å²) >= 11 is 0. The van der Waals surface area contributed by atoms with Crippen molar-refractivity contribution in [3.8, 4) is 0 Å². The molecule has 0 aliphatic heterocycles. The third kappa shape index (κ3) is 2.66. The highest BCUT2D eigenvalue weighted by molar-refractivity contribution is 5.93. The third-order valence-corrected chi connectivity index (χ3v) is 2.19. The van der Waals surface area contributed by atoms with E-state index in [4.69, 9.17) is 5.11 Å². The van der Waals surface area contributed by atoms with Gasteiger partial charge < -0.3 is 14.4 Å². The molecule has 1 heterocycles. The van der Waals surface area contributed by atoms with Crippen LogP contribution < -0.4 is 5.63 Å². The second kappa shape index (κ2) is 4.75. The maximum Gasteiger partial charge on any atom is 0.335 e. The molecular formula is C10H13NO4. The lowest BCUT2D eigenvalue weighted by Gasteiger charge is -2.22. The van der Waals surface area contributed by atoms with Crippen molar-refractivity contribution in [3.05, 3.63) is 34.4 Å². The number of hydrogen-bond donors (Lipinski definition) is 1. The summed E-state index contributed by atoms with van der Waals surface area (Å²) in [5, 5.41) is 8.88. The molecule has 1 aromatic heterocycles. The van der Waals surface area contributed by atoms with Gasteiger partial charge in [0.25, 0.3) is 5.91 Å². The molecule has 0 radical (unpaired) electrons. The first kappa shape index (κ1) is 11.5. The lowest BCUT2D eigenvalue weighted by atomic mass is 10.2. The highest BCUT2D eigenvalue weighted by Gasteiger charge is 2.16. The van der Waals surface area contributed by atoms with Crippen LogP contribution in [0.5, 0.6) is 0 Å². The average Bonchev–Trinajstić information content (AvgIpc) is 2.27. The van der Waals surface area contributed by atoms with Crippen LogP contribution in [0.3, 0.4) is 0 Å². The van der Waals surface area contributed by atoms with Gasteiger partial charge in [0.05, 0.1) is 18.2 Å². The van der Waals surface area contributed by atoms with E-state index in [9.17, 15) is 9.59 Å². The molecular weight excluding hydrogens is 198 g/mol. The Morgan fingerprint density at radius 2 is 2.27 bits per heavy atom. The molecule has 0 aromatic carbocycles. The molecule has 1 aromatic rings. The van der Waals surface area contributed by atoms with Gasteiger partial charge in [0.1, 0.15) is 6.26 Å². The minimum atomic E-state index is -0.496. The lowest BCUT2D eigenvalue weighted by Crippen LogP contribution is -2.37. The zero-order chi connectivity index (χ0) is 11.4. The smallest absolute Gasteiger partial charge is 0.335 e. The van der Waals surface area contributed by atoms with Crippen molar-refractivity contribution >= 4 is 5.91 Å². The molecule has 1 atom stereocenters. The zero-order valence-electron chi connectivity index (χ0n) is 8.64. The van der Waals surface area contributed by atoms with Crippen molar-refractivity contribution < 1.29 is 14.3 Å². The first-order valence-electron chi connectivity index (χ1n) is 4.53. The van der Waals surface area contributed by atoms with Crippen LogP contribution in [0.1, 0.15) is 17.3 Å². The zero-order valence-corrected chi connectivity index (χ0v) is 8.64. The molecule has 1 amide bonds. The molecule has 0 spiro atoms. The van der Waals surface area contributed by atoms with Crippen LogP contribution in [0, 0.1) is 0 Å². The van der Waals surface area contributed by atoms with E-state index in [2.05, 4.69) is 4.42 Å². The Morgan fingerprint density at radius 1 is 1.60 bits per heavy atom. The molecule has 1 rings (SSSR count). The minimum Gasteiger partial charge on any atom is -0.430 e. The second-order valence-corrected chi connectivity index (χ2v) is 3.29. The van der Waals surface area contributed by atoms with Gasteiger partial charge in [0.2, 0.25) is 0 Å². The fraction of sp³-hybridized carbons (Fsp3) is 0.400. The van der Waals surface area contributed by atoms with Crippen LogP contribution in [0.4, 0.5) is 0 Å². The van der Waals surface area contributed by atoms with Gasteiger partial charge in [-0.25, -0.2) is 4.79 Å². The predicted molar refractivity (Wildman–Crippen MR) is 53.6 cm³/mol. The highest BCUT2D eigenvalue weighted by Crippen LogP contribution is 2.04. The summed E-state index contributed by atoms with van der Waals surface area (Å²) in [5.74, 6) is -0.291. The monoisotopic (exact) mass is 211 g/mol. The molecule has 15 heavy (non-hydrogen) atoms. The second-order valence-electron chi connectivity index (χ2n) is 3.29. The molecule has 1 unspecified atom stereocenters. The van der Waals surface area contributed by atoms with Gasteiger partial charge >= 0.3 is 5.63 Å². The molecule has 5 heteroatoms. The number of amides is 1. The molecule has 0 aliphatic carbocycles. The summed E-state index contributed by atoms with van der Waals surface area (Å²) in [5.41, 5.74) is -0.207. The predicted octanol–water partition coefficient (Wildman–Crippen LogP) is 0.0926. The van der Waals surface area contributed by atoms with Gasteiger partial charge in [0.15, 0.2) is 0 Å². The number of aliphatic hydroxyl groups is 1. The summed E-state index contributed by atoms with van der Waals surface area (Å²) < 4.78 is 4.58. The van der Waals surface area contributed by atoms with Crippen LogP contribution in [0.15, 0.2) is 27.6 Å². The van der Waals surface area contributed by atoms with Crippen LogP contribution >= 0.6 is 0 Å². The van der Waals surface area contributed by atoms with E-state index in [-0.39, 0.29) is 24.1 Å². The van der Waals surface area contributed by atoms with E-state index in [0.717, 1.165) is 6.26 Å². The molecule has 5 nitrogen and oxygen atoms in total. The minimum absolute atomic E-state index is 0.112. The van der Waals surface area contributed by atoms with Gasteiger partial charge in [-0.3, -0.25) is 4.79 Å². The first-order valence-corrected chi connectivity index (χ1v) is 4.53. The molecule has 0 saturated carbocycles. The quantitative estimate of drug-likeness (QED) is 0.769. The molecule has 0 fully saturated rings. The number of likely N-dealkylation sites (N-methyl/N-ethyl adjacent to an activating group) is 1. The van der Waals surface area contributed by atoms with Crippen LogP contribution in [-0.4, -0.2) is 35.6 Å². The maximum absolute atomic E-state index is 11.7. The lowest BCUT2D eigenvalue weighted by molar-refractivity contribution is 0.0679. The molecule has 82 valence electrons. The topological polar surface area (TPSA) is 70.8 Å². The Morgan fingerprint density at radius 3 is 2.73 bits per heavy atom. The Balaban J connectivity index is 2.85. The van der Waals surface area contributed by atoms with Crippen molar-refractivity contribution in [1.29, 1.82) is 0 Å². The average molecular weight is 211 g/mol. The van der Waals surface area contributed by atoms with Crippen molar-refractivity contribution in [1.82, 2.24) is 4.90 Å². The number of nitrogens with zero attached hydrogens (tertiary/aromatic N) is 1. The van der Waals surface area contributed by atoms with Crippen LogP contribution in [0.2, 0.25) is 0 Å². The highest BCUT2D eigenvalue weighted by atomic mass is 16.4. The van der Waals surface area contributed by atoms with Crippen molar-refractivity contribution in [2.75, 3.05) is 13.7 Å². The molecule has 0 aliphatic rings. The van der Waals surface area contributed by atoms with E-state index >= 15 is 0 Å². The number of hydrogen-bond acceptors (Lipinski definition) is 4.